The number of hydrogen-bond acceptors (Lipinski definition) is 6. The quantitative estimate of drug-likeness (QED) is 0.547. The molecule has 4 rings (SSSR count). The largest absolute Gasteiger partial charge is 0.493 e. The summed E-state index contributed by atoms with van der Waals surface area (Å²) in [7, 11) is 3.21. The molecule has 0 bridgehead atoms. The highest BCUT2D eigenvalue weighted by Crippen LogP contribution is 2.40. The molecule has 1 aliphatic carbocycles. The molecule has 0 saturated heterocycles. The number of hydrogen-bond donors (Lipinski definition) is 1. The molecule has 6 nitrogen and oxygen atoms in total. The molecular weight excluding hydrogens is 400 g/mol. The standard InChI is InChI=1S/C23H24N2O4S/c1-27-18-10-9-15(12-19(18)28-2)13-25-23-21(17-7-3-4-8-20(17)30-23)22(26)24-14-16-6-5-11-29-16/h5-6,9-13H,3-4,7-8,14H2,1-2H3,(H,24,26). The van der Waals surface area contributed by atoms with Crippen molar-refractivity contribution in [1.82, 2.24) is 5.32 Å². The minimum absolute atomic E-state index is 0.106. The zero-order valence-corrected chi connectivity index (χ0v) is 17.9. The molecule has 0 radical (unpaired) electrons. The number of amides is 1. The summed E-state index contributed by atoms with van der Waals surface area (Å²) in [4.78, 5) is 19.0. The van der Waals surface area contributed by atoms with Crippen LogP contribution in [0.2, 0.25) is 0 Å². The third-order valence-corrected chi connectivity index (χ3v) is 6.32. The van der Waals surface area contributed by atoms with Crippen molar-refractivity contribution in [3.05, 3.63) is 63.9 Å². The number of thiophene rings is 1. The fraction of sp³-hybridized carbons (Fsp3) is 0.304. The number of carbonyl (C=O) groups is 1. The van der Waals surface area contributed by atoms with Crippen LogP contribution >= 0.6 is 11.3 Å². The van der Waals surface area contributed by atoms with E-state index in [1.54, 1.807) is 38.0 Å². The molecule has 2 aromatic heterocycles. The van der Waals surface area contributed by atoms with Gasteiger partial charge in [0.2, 0.25) is 0 Å². The van der Waals surface area contributed by atoms with E-state index in [4.69, 9.17) is 18.9 Å². The molecule has 0 fully saturated rings. The molecule has 30 heavy (non-hydrogen) atoms. The number of furan rings is 1. The first-order chi connectivity index (χ1) is 14.7. The maximum Gasteiger partial charge on any atom is 0.255 e. The van der Waals surface area contributed by atoms with Gasteiger partial charge in [0, 0.05) is 11.1 Å². The Labute approximate surface area is 179 Å². The second kappa shape index (κ2) is 9.17. The van der Waals surface area contributed by atoms with Crippen molar-refractivity contribution in [2.75, 3.05) is 14.2 Å². The Bertz CT molecular complexity index is 1050. The number of rotatable bonds is 7. The van der Waals surface area contributed by atoms with Crippen LogP contribution in [-0.2, 0) is 19.4 Å². The SMILES string of the molecule is COc1ccc(C=Nc2sc3c(c2C(=O)NCc2ccco2)CCCC3)cc1OC. The number of methoxy groups -OCH3 is 2. The molecular formula is C23H24N2O4S. The van der Waals surface area contributed by atoms with Gasteiger partial charge in [-0.15, -0.1) is 11.3 Å². The molecule has 0 spiro atoms. The molecule has 1 amide bonds. The first kappa shape index (κ1) is 20.2. The van der Waals surface area contributed by atoms with E-state index in [2.05, 4.69) is 5.32 Å². The van der Waals surface area contributed by atoms with Crippen LogP contribution in [0.15, 0.2) is 46.0 Å². The lowest BCUT2D eigenvalue weighted by molar-refractivity contribution is 0.0948. The van der Waals surface area contributed by atoms with Gasteiger partial charge in [0.15, 0.2) is 11.5 Å². The number of ether oxygens (including phenoxy) is 2. The summed E-state index contributed by atoms with van der Waals surface area (Å²) in [5.41, 5.74) is 2.71. The third kappa shape index (κ3) is 4.26. The van der Waals surface area contributed by atoms with E-state index in [9.17, 15) is 4.79 Å². The third-order valence-electron chi connectivity index (χ3n) is 5.12. The monoisotopic (exact) mass is 424 g/mol. The van der Waals surface area contributed by atoms with Gasteiger partial charge in [0.25, 0.3) is 5.91 Å². The molecule has 7 heteroatoms. The Kier molecular flexibility index (Phi) is 6.18. The first-order valence-corrected chi connectivity index (χ1v) is 10.7. The maximum atomic E-state index is 13.0. The second-order valence-corrected chi connectivity index (χ2v) is 8.11. The van der Waals surface area contributed by atoms with Crippen molar-refractivity contribution < 1.29 is 18.7 Å². The predicted molar refractivity (Wildman–Crippen MR) is 118 cm³/mol. The summed E-state index contributed by atoms with van der Waals surface area (Å²) < 4.78 is 16.0. The number of nitrogens with one attached hydrogen (secondary N) is 1. The molecule has 2 heterocycles. The Balaban J connectivity index is 1.61. The van der Waals surface area contributed by atoms with Gasteiger partial charge in [-0.05, 0) is 67.1 Å². The summed E-state index contributed by atoms with van der Waals surface area (Å²) in [6, 6.07) is 9.28. The summed E-state index contributed by atoms with van der Waals surface area (Å²) in [6.45, 7) is 0.356. The van der Waals surface area contributed by atoms with E-state index in [1.807, 2.05) is 30.3 Å². The van der Waals surface area contributed by atoms with Crippen LogP contribution in [-0.4, -0.2) is 26.3 Å². The highest BCUT2D eigenvalue weighted by molar-refractivity contribution is 7.16. The van der Waals surface area contributed by atoms with E-state index in [1.165, 1.54) is 4.88 Å². The van der Waals surface area contributed by atoms with Crippen LogP contribution in [0.5, 0.6) is 11.5 Å². The molecule has 1 N–H and O–H groups in total. The Hall–Kier alpha value is -3.06. The number of carbonyl (C=O) groups excluding carboxylic acids is 1. The Morgan fingerprint density at radius 2 is 2.03 bits per heavy atom. The van der Waals surface area contributed by atoms with E-state index in [0.29, 0.717) is 23.6 Å². The average Bonchev–Trinajstić information content (AvgIpc) is 3.43. The van der Waals surface area contributed by atoms with Crippen molar-refractivity contribution in [3.8, 4) is 11.5 Å². The number of nitrogens with zero attached hydrogens (tertiary/aromatic N) is 1. The van der Waals surface area contributed by atoms with Crippen LogP contribution in [0, 0.1) is 0 Å². The molecule has 1 aliphatic rings. The van der Waals surface area contributed by atoms with Crippen LogP contribution in [0.25, 0.3) is 0 Å². The van der Waals surface area contributed by atoms with Crippen molar-refractivity contribution in [2.24, 2.45) is 4.99 Å². The lowest BCUT2D eigenvalue weighted by Gasteiger charge is -2.12. The number of benzene rings is 1. The van der Waals surface area contributed by atoms with E-state index in [-0.39, 0.29) is 5.91 Å². The highest BCUT2D eigenvalue weighted by atomic mass is 32.1. The van der Waals surface area contributed by atoms with Crippen molar-refractivity contribution >= 4 is 28.5 Å². The molecule has 0 aliphatic heterocycles. The van der Waals surface area contributed by atoms with Crippen LogP contribution < -0.4 is 14.8 Å². The lowest BCUT2D eigenvalue weighted by Crippen LogP contribution is -2.23. The van der Waals surface area contributed by atoms with Gasteiger partial charge in [0.05, 0.1) is 32.6 Å². The second-order valence-electron chi connectivity index (χ2n) is 7.03. The fourth-order valence-corrected chi connectivity index (χ4v) is 4.84. The van der Waals surface area contributed by atoms with Gasteiger partial charge in [-0.3, -0.25) is 4.79 Å². The van der Waals surface area contributed by atoms with E-state index in [0.717, 1.165) is 47.6 Å². The molecule has 0 unspecified atom stereocenters. The Morgan fingerprint density at radius 3 is 2.80 bits per heavy atom. The topological polar surface area (TPSA) is 73.1 Å². The van der Waals surface area contributed by atoms with Crippen molar-refractivity contribution in [2.45, 2.75) is 32.2 Å². The summed E-state index contributed by atoms with van der Waals surface area (Å²) in [5.74, 6) is 1.93. The summed E-state index contributed by atoms with van der Waals surface area (Å²) >= 11 is 1.61. The molecule has 156 valence electrons. The van der Waals surface area contributed by atoms with E-state index < -0.39 is 0 Å². The van der Waals surface area contributed by atoms with Gasteiger partial charge in [0.1, 0.15) is 10.8 Å². The van der Waals surface area contributed by atoms with Crippen LogP contribution in [0.4, 0.5) is 5.00 Å². The first-order valence-electron chi connectivity index (χ1n) is 9.91. The van der Waals surface area contributed by atoms with Gasteiger partial charge in [-0.1, -0.05) is 0 Å². The normalized spacial score (nSPS) is 13.3. The van der Waals surface area contributed by atoms with Gasteiger partial charge >= 0.3 is 0 Å². The molecule has 0 atom stereocenters. The predicted octanol–water partition coefficient (Wildman–Crippen LogP) is 4.92. The van der Waals surface area contributed by atoms with Gasteiger partial charge < -0.3 is 19.2 Å². The molecule has 0 saturated carbocycles. The van der Waals surface area contributed by atoms with Crippen molar-refractivity contribution in [3.63, 3.8) is 0 Å². The average molecular weight is 425 g/mol. The smallest absolute Gasteiger partial charge is 0.255 e. The van der Waals surface area contributed by atoms with Gasteiger partial charge in [-0.25, -0.2) is 4.99 Å². The molecule has 1 aromatic carbocycles. The highest BCUT2D eigenvalue weighted by Gasteiger charge is 2.25. The molecule has 3 aromatic rings. The van der Waals surface area contributed by atoms with Gasteiger partial charge in [-0.2, -0.15) is 0 Å². The number of fused-ring (bicyclic) bond motifs is 1. The van der Waals surface area contributed by atoms with Crippen LogP contribution in [0.3, 0.4) is 0 Å². The number of aryl methyl sites for hydroxylation is 1. The van der Waals surface area contributed by atoms with Crippen LogP contribution in [0.1, 0.15) is 45.0 Å². The minimum Gasteiger partial charge on any atom is -0.493 e. The van der Waals surface area contributed by atoms with Crippen molar-refractivity contribution in [1.29, 1.82) is 0 Å². The lowest BCUT2D eigenvalue weighted by atomic mass is 9.95. The summed E-state index contributed by atoms with van der Waals surface area (Å²) in [6.07, 6.45) is 7.54. The number of aliphatic imine (C=N–C) groups is 1. The summed E-state index contributed by atoms with van der Waals surface area (Å²) in [5, 5.41) is 3.72. The Morgan fingerprint density at radius 1 is 1.20 bits per heavy atom. The zero-order valence-electron chi connectivity index (χ0n) is 17.1. The minimum atomic E-state index is -0.106. The maximum absolute atomic E-state index is 13.0. The van der Waals surface area contributed by atoms with E-state index >= 15 is 0 Å². The fourth-order valence-electron chi connectivity index (χ4n) is 3.61. The zero-order chi connectivity index (χ0) is 20.9.